The third kappa shape index (κ3) is 2.34. The topological polar surface area (TPSA) is 79.4 Å². The third-order valence-corrected chi connectivity index (χ3v) is 3.71. The van der Waals surface area contributed by atoms with Gasteiger partial charge in [0.1, 0.15) is 6.10 Å². The fraction of sp³-hybridized carbons (Fsp3) is 0.615. The molecule has 0 spiro atoms. The lowest BCUT2D eigenvalue weighted by molar-refractivity contribution is 0.0750. The van der Waals surface area contributed by atoms with Crippen molar-refractivity contribution in [3.63, 3.8) is 0 Å². The van der Waals surface area contributed by atoms with Crippen molar-refractivity contribution in [2.75, 3.05) is 6.54 Å². The summed E-state index contributed by atoms with van der Waals surface area (Å²) in [6, 6.07) is 0. The van der Waals surface area contributed by atoms with Crippen molar-refractivity contribution in [3.05, 3.63) is 17.0 Å². The van der Waals surface area contributed by atoms with Gasteiger partial charge in [-0.05, 0) is 25.7 Å². The average molecular weight is 262 g/mol. The summed E-state index contributed by atoms with van der Waals surface area (Å²) in [6.07, 6.45) is 4.70. The van der Waals surface area contributed by atoms with Gasteiger partial charge >= 0.3 is 0 Å². The van der Waals surface area contributed by atoms with E-state index in [2.05, 4.69) is 27.6 Å². The minimum absolute atomic E-state index is 0.0362. The molecule has 0 bridgehead atoms. The maximum absolute atomic E-state index is 12.1. The number of hydrogen-bond acceptors (Lipinski definition) is 4. The molecule has 1 atom stereocenters. The monoisotopic (exact) mass is 262 g/mol. The number of carbonyl (C=O) groups excluding carboxylic acids is 1. The number of hydrogen-bond donors (Lipinski definition) is 2. The largest absolute Gasteiger partial charge is 0.390 e. The summed E-state index contributed by atoms with van der Waals surface area (Å²) in [5.74, 6) is -0.118. The molecule has 2 N–H and O–H groups in total. The van der Waals surface area contributed by atoms with Crippen molar-refractivity contribution in [1.82, 2.24) is 15.5 Å². The molecule has 1 unspecified atom stereocenters. The summed E-state index contributed by atoms with van der Waals surface area (Å²) in [5, 5.41) is 13.9. The molecule has 1 amide bonds. The molecule has 102 valence electrons. The van der Waals surface area contributed by atoms with Crippen LogP contribution in [0.2, 0.25) is 0 Å². The van der Waals surface area contributed by atoms with Gasteiger partial charge in [-0.15, -0.1) is 0 Å². The molecule has 1 aromatic rings. The normalized spacial score (nSPS) is 20.9. The Hall–Kier alpha value is -1.85. The highest BCUT2D eigenvalue weighted by atomic mass is 16.6. The zero-order valence-corrected chi connectivity index (χ0v) is 11.0. The molecule has 1 aromatic heterocycles. The first-order chi connectivity index (χ1) is 9.28. The van der Waals surface area contributed by atoms with E-state index in [0.717, 1.165) is 49.1 Å². The van der Waals surface area contributed by atoms with Crippen LogP contribution in [0.1, 0.15) is 47.9 Å². The van der Waals surface area contributed by atoms with Crippen molar-refractivity contribution in [2.24, 2.45) is 5.16 Å². The maximum atomic E-state index is 12.1. The number of rotatable bonds is 4. The fourth-order valence-electron chi connectivity index (χ4n) is 2.60. The van der Waals surface area contributed by atoms with Gasteiger partial charge in [-0.25, -0.2) is 0 Å². The summed E-state index contributed by atoms with van der Waals surface area (Å²) < 4.78 is 0. The van der Waals surface area contributed by atoms with Crippen molar-refractivity contribution in [2.45, 2.75) is 45.1 Å². The van der Waals surface area contributed by atoms with E-state index in [1.807, 2.05) is 0 Å². The molecular weight excluding hydrogens is 244 g/mol. The second-order valence-corrected chi connectivity index (χ2v) is 5.04. The SMILES string of the molecule is CCC1=NOC(CNC(=O)c2n[nH]c3c2CCC3)C1. The highest BCUT2D eigenvalue weighted by Gasteiger charge is 2.25. The van der Waals surface area contributed by atoms with Crippen LogP contribution in [0.25, 0.3) is 0 Å². The molecule has 2 heterocycles. The van der Waals surface area contributed by atoms with Crippen LogP contribution in [0.3, 0.4) is 0 Å². The molecular formula is C13H18N4O2. The van der Waals surface area contributed by atoms with Gasteiger partial charge in [0, 0.05) is 17.7 Å². The van der Waals surface area contributed by atoms with Crippen LogP contribution >= 0.6 is 0 Å². The van der Waals surface area contributed by atoms with Gasteiger partial charge in [-0.1, -0.05) is 12.1 Å². The van der Waals surface area contributed by atoms with Crippen LogP contribution in [-0.4, -0.2) is 34.5 Å². The second-order valence-electron chi connectivity index (χ2n) is 5.04. The Bertz CT molecular complexity index is 521. The highest BCUT2D eigenvalue weighted by Crippen LogP contribution is 2.22. The van der Waals surface area contributed by atoms with Gasteiger partial charge in [0.2, 0.25) is 0 Å². The number of oxime groups is 1. The molecule has 6 heteroatoms. The van der Waals surface area contributed by atoms with Gasteiger partial charge < -0.3 is 10.2 Å². The summed E-state index contributed by atoms with van der Waals surface area (Å²) >= 11 is 0. The van der Waals surface area contributed by atoms with Gasteiger partial charge in [0.15, 0.2) is 5.69 Å². The van der Waals surface area contributed by atoms with E-state index < -0.39 is 0 Å². The molecule has 2 aliphatic rings. The number of fused-ring (bicyclic) bond motifs is 1. The van der Waals surface area contributed by atoms with E-state index in [1.54, 1.807) is 0 Å². The van der Waals surface area contributed by atoms with E-state index >= 15 is 0 Å². The van der Waals surface area contributed by atoms with Crippen LogP contribution in [0, 0.1) is 0 Å². The predicted octanol–water partition coefficient (Wildman–Crippen LogP) is 1.18. The highest BCUT2D eigenvalue weighted by molar-refractivity contribution is 5.94. The Morgan fingerprint density at radius 3 is 3.21 bits per heavy atom. The van der Waals surface area contributed by atoms with Crippen LogP contribution in [0.4, 0.5) is 0 Å². The maximum Gasteiger partial charge on any atom is 0.272 e. The number of amides is 1. The van der Waals surface area contributed by atoms with Gasteiger partial charge in [0.25, 0.3) is 5.91 Å². The molecule has 0 saturated heterocycles. The van der Waals surface area contributed by atoms with Gasteiger partial charge in [-0.3, -0.25) is 9.89 Å². The number of aryl methyl sites for hydroxylation is 1. The fourth-order valence-corrected chi connectivity index (χ4v) is 2.60. The van der Waals surface area contributed by atoms with Crippen LogP contribution in [-0.2, 0) is 17.7 Å². The summed E-state index contributed by atoms with van der Waals surface area (Å²) in [5.41, 5.74) is 3.79. The number of aromatic amines is 1. The van der Waals surface area contributed by atoms with Crippen molar-refractivity contribution in [3.8, 4) is 0 Å². The van der Waals surface area contributed by atoms with E-state index in [1.165, 1.54) is 0 Å². The van der Waals surface area contributed by atoms with E-state index in [-0.39, 0.29) is 12.0 Å². The number of carbonyl (C=O) groups is 1. The molecule has 1 aliphatic carbocycles. The first-order valence-corrected chi connectivity index (χ1v) is 6.83. The Morgan fingerprint density at radius 2 is 2.42 bits per heavy atom. The lowest BCUT2D eigenvalue weighted by Gasteiger charge is -2.09. The minimum atomic E-state index is -0.118. The van der Waals surface area contributed by atoms with Crippen LogP contribution < -0.4 is 5.32 Å². The number of nitrogens with zero attached hydrogens (tertiary/aromatic N) is 2. The number of H-pyrrole nitrogens is 1. The average Bonchev–Trinajstić information content (AvgIpc) is 3.11. The molecule has 1 aliphatic heterocycles. The first-order valence-electron chi connectivity index (χ1n) is 6.83. The number of aromatic nitrogens is 2. The van der Waals surface area contributed by atoms with E-state index in [4.69, 9.17) is 4.84 Å². The van der Waals surface area contributed by atoms with Crippen molar-refractivity contribution in [1.29, 1.82) is 0 Å². The third-order valence-electron chi connectivity index (χ3n) is 3.71. The Kier molecular flexibility index (Phi) is 3.23. The Morgan fingerprint density at radius 1 is 1.53 bits per heavy atom. The predicted molar refractivity (Wildman–Crippen MR) is 70.2 cm³/mol. The minimum Gasteiger partial charge on any atom is -0.390 e. The molecule has 0 fully saturated rings. The molecule has 19 heavy (non-hydrogen) atoms. The zero-order chi connectivity index (χ0) is 13.2. The van der Waals surface area contributed by atoms with Crippen molar-refractivity contribution < 1.29 is 9.63 Å². The molecule has 0 saturated carbocycles. The molecule has 3 rings (SSSR count). The Labute approximate surface area is 111 Å². The number of nitrogens with one attached hydrogen (secondary N) is 2. The zero-order valence-electron chi connectivity index (χ0n) is 11.0. The summed E-state index contributed by atoms with van der Waals surface area (Å²) in [4.78, 5) is 17.3. The molecule has 0 aromatic carbocycles. The lowest BCUT2D eigenvalue weighted by Crippen LogP contribution is -2.33. The first kappa shape index (κ1) is 12.2. The Balaban J connectivity index is 1.55. The van der Waals surface area contributed by atoms with Gasteiger partial charge in [0.05, 0.1) is 12.3 Å². The quantitative estimate of drug-likeness (QED) is 0.855. The summed E-state index contributed by atoms with van der Waals surface area (Å²) in [6.45, 7) is 2.53. The molecule has 0 radical (unpaired) electrons. The van der Waals surface area contributed by atoms with E-state index in [9.17, 15) is 4.79 Å². The van der Waals surface area contributed by atoms with Crippen molar-refractivity contribution >= 4 is 11.6 Å². The smallest absolute Gasteiger partial charge is 0.272 e. The van der Waals surface area contributed by atoms with E-state index in [0.29, 0.717) is 12.2 Å². The second kappa shape index (κ2) is 5.03. The van der Waals surface area contributed by atoms with Crippen LogP contribution in [0.5, 0.6) is 0 Å². The summed E-state index contributed by atoms with van der Waals surface area (Å²) in [7, 11) is 0. The molecule has 6 nitrogen and oxygen atoms in total. The lowest BCUT2D eigenvalue weighted by atomic mass is 10.1. The standard InChI is InChI=1S/C13H18N4O2/c1-2-8-6-9(19-17-8)7-14-13(18)12-10-4-3-5-11(10)15-16-12/h9H,2-7H2,1H3,(H,14,18)(H,15,16). The van der Waals surface area contributed by atoms with Gasteiger partial charge in [-0.2, -0.15) is 5.10 Å². The van der Waals surface area contributed by atoms with Crippen LogP contribution in [0.15, 0.2) is 5.16 Å².